The predicted molar refractivity (Wildman–Crippen MR) is 83.9 cm³/mol. The number of carbonyl (C=O) groups is 1. The topological polar surface area (TPSA) is 89.1 Å². The number of urea groups is 1. The molecule has 8 heteroatoms. The molecule has 0 unspecified atom stereocenters. The quantitative estimate of drug-likeness (QED) is 0.914. The van der Waals surface area contributed by atoms with E-state index in [2.05, 4.69) is 20.6 Å². The average molecular weight is 318 g/mol. The minimum absolute atomic E-state index is 0.196. The van der Waals surface area contributed by atoms with Crippen LogP contribution in [0.4, 0.5) is 10.5 Å². The fraction of sp³-hybridized carbons (Fsp3) is 0.600. The normalized spacial score (nSPS) is 14.6. The molecule has 124 valence electrons. The highest BCUT2D eigenvalue weighted by Crippen LogP contribution is 2.35. The Kier molecular flexibility index (Phi) is 4.31. The van der Waals surface area contributed by atoms with Crippen LogP contribution in [-0.4, -0.2) is 37.4 Å². The molecule has 8 nitrogen and oxygen atoms in total. The summed E-state index contributed by atoms with van der Waals surface area (Å²) in [6.07, 6.45) is 5.22. The first-order valence-electron chi connectivity index (χ1n) is 7.95. The van der Waals surface area contributed by atoms with Crippen LogP contribution in [0.2, 0.25) is 0 Å². The van der Waals surface area contributed by atoms with Crippen molar-refractivity contribution in [1.82, 2.24) is 24.8 Å². The van der Waals surface area contributed by atoms with Crippen molar-refractivity contribution in [2.45, 2.75) is 45.6 Å². The summed E-state index contributed by atoms with van der Waals surface area (Å²) in [7, 11) is 1.82. The van der Waals surface area contributed by atoms with E-state index in [0.717, 1.165) is 18.5 Å². The van der Waals surface area contributed by atoms with Crippen LogP contribution in [0.15, 0.2) is 10.7 Å². The van der Waals surface area contributed by atoms with Gasteiger partial charge in [-0.3, -0.25) is 4.68 Å². The molecule has 1 N–H and O–H groups in total. The Bertz CT molecular complexity index is 688. The molecule has 23 heavy (non-hydrogen) atoms. The van der Waals surface area contributed by atoms with Gasteiger partial charge in [-0.1, -0.05) is 11.6 Å². The van der Waals surface area contributed by atoms with Crippen molar-refractivity contribution >= 4 is 11.7 Å². The number of carbonyl (C=O) groups excluding carboxylic acids is 1. The van der Waals surface area contributed by atoms with Crippen LogP contribution in [0.25, 0.3) is 0 Å². The third-order valence-corrected chi connectivity index (χ3v) is 4.19. The molecule has 1 saturated carbocycles. The molecule has 0 radical (unpaired) electrons. The first kappa shape index (κ1) is 15.5. The molecule has 1 aliphatic rings. The average Bonchev–Trinajstić information content (AvgIpc) is 3.01. The second-order valence-electron chi connectivity index (χ2n) is 5.92. The van der Waals surface area contributed by atoms with Gasteiger partial charge in [0.15, 0.2) is 5.82 Å². The molecule has 0 atom stereocenters. The van der Waals surface area contributed by atoms with Gasteiger partial charge in [0.2, 0.25) is 5.89 Å². The zero-order chi connectivity index (χ0) is 16.4. The number of rotatable bonds is 5. The van der Waals surface area contributed by atoms with E-state index in [1.807, 2.05) is 20.9 Å². The first-order chi connectivity index (χ1) is 11.1. The number of anilines is 1. The van der Waals surface area contributed by atoms with Gasteiger partial charge in [-0.05, 0) is 26.7 Å². The Morgan fingerprint density at radius 3 is 2.87 bits per heavy atom. The van der Waals surface area contributed by atoms with Gasteiger partial charge in [0.05, 0.1) is 17.9 Å². The van der Waals surface area contributed by atoms with Gasteiger partial charge in [0.25, 0.3) is 0 Å². The van der Waals surface area contributed by atoms with Crippen molar-refractivity contribution in [3.05, 3.63) is 23.6 Å². The lowest BCUT2D eigenvalue weighted by Gasteiger charge is -2.21. The Labute approximate surface area is 134 Å². The summed E-state index contributed by atoms with van der Waals surface area (Å²) >= 11 is 0. The highest BCUT2D eigenvalue weighted by molar-refractivity contribution is 5.89. The molecule has 0 aliphatic heterocycles. The highest BCUT2D eigenvalue weighted by Gasteiger charge is 2.26. The summed E-state index contributed by atoms with van der Waals surface area (Å²) in [5.41, 5.74) is 1.49. The second-order valence-corrected chi connectivity index (χ2v) is 5.92. The predicted octanol–water partition coefficient (Wildman–Crippen LogP) is 2.43. The van der Waals surface area contributed by atoms with Gasteiger partial charge in [0.1, 0.15) is 0 Å². The largest absolute Gasteiger partial charge is 0.339 e. The molecule has 3 rings (SSSR count). The minimum Gasteiger partial charge on any atom is -0.339 e. The van der Waals surface area contributed by atoms with Crippen LogP contribution >= 0.6 is 0 Å². The Morgan fingerprint density at radius 2 is 2.30 bits per heavy atom. The molecular weight excluding hydrogens is 296 g/mol. The fourth-order valence-electron chi connectivity index (χ4n) is 2.57. The van der Waals surface area contributed by atoms with E-state index in [1.54, 1.807) is 15.8 Å². The Balaban J connectivity index is 1.63. The minimum atomic E-state index is -0.196. The van der Waals surface area contributed by atoms with E-state index in [-0.39, 0.29) is 6.03 Å². The van der Waals surface area contributed by atoms with Crippen molar-refractivity contribution in [2.24, 2.45) is 7.05 Å². The SMILES string of the molecule is CCN(Cc1noc(C2CCC2)n1)C(=O)Nc1cn(C)nc1C. The van der Waals surface area contributed by atoms with Crippen molar-refractivity contribution in [2.75, 3.05) is 11.9 Å². The van der Waals surface area contributed by atoms with Crippen LogP contribution in [0.5, 0.6) is 0 Å². The molecule has 2 aromatic rings. The van der Waals surface area contributed by atoms with Crippen LogP contribution < -0.4 is 5.32 Å². The number of nitrogens with one attached hydrogen (secondary N) is 1. The monoisotopic (exact) mass is 318 g/mol. The molecule has 0 spiro atoms. The summed E-state index contributed by atoms with van der Waals surface area (Å²) in [5.74, 6) is 1.65. The number of aryl methyl sites for hydroxylation is 2. The molecule has 1 aliphatic carbocycles. The second kappa shape index (κ2) is 6.39. The Morgan fingerprint density at radius 1 is 1.52 bits per heavy atom. The van der Waals surface area contributed by atoms with E-state index in [0.29, 0.717) is 36.4 Å². The van der Waals surface area contributed by atoms with Crippen molar-refractivity contribution in [1.29, 1.82) is 0 Å². The van der Waals surface area contributed by atoms with E-state index < -0.39 is 0 Å². The first-order valence-corrected chi connectivity index (χ1v) is 7.95. The molecule has 1 fully saturated rings. The Hall–Kier alpha value is -2.38. The molecule has 2 amide bonds. The molecule has 0 saturated heterocycles. The fourth-order valence-corrected chi connectivity index (χ4v) is 2.57. The summed E-state index contributed by atoms with van der Waals surface area (Å²) in [6, 6.07) is -0.196. The smallest absolute Gasteiger partial charge is 0.322 e. The third-order valence-electron chi connectivity index (χ3n) is 4.19. The highest BCUT2D eigenvalue weighted by atomic mass is 16.5. The van der Waals surface area contributed by atoms with Gasteiger partial charge in [-0.2, -0.15) is 10.1 Å². The zero-order valence-electron chi connectivity index (χ0n) is 13.7. The van der Waals surface area contributed by atoms with E-state index in [9.17, 15) is 4.79 Å². The van der Waals surface area contributed by atoms with Crippen LogP contribution in [0, 0.1) is 6.92 Å². The summed E-state index contributed by atoms with van der Waals surface area (Å²) in [5, 5.41) is 11.1. The lowest BCUT2D eigenvalue weighted by atomic mass is 9.85. The molecule has 0 aromatic carbocycles. The lowest BCUT2D eigenvalue weighted by molar-refractivity contribution is 0.210. The lowest BCUT2D eigenvalue weighted by Crippen LogP contribution is -2.34. The number of amides is 2. The van der Waals surface area contributed by atoms with Crippen molar-refractivity contribution in [3.8, 4) is 0 Å². The number of hydrogen-bond acceptors (Lipinski definition) is 5. The summed E-state index contributed by atoms with van der Waals surface area (Å²) in [6.45, 7) is 4.66. The maximum absolute atomic E-state index is 12.4. The van der Waals surface area contributed by atoms with Gasteiger partial charge in [-0.25, -0.2) is 4.79 Å². The molecule has 0 bridgehead atoms. The number of hydrogen-bond donors (Lipinski definition) is 1. The summed E-state index contributed by atoms with van der Waals surface area (Å²) in [4.78, 5) is 18.5. The third kappa shape index (κ3) is 3.35. The van der Waals surface area contributed by atoms with Crippen LogP contribution in [0.1, 0.15) is 49.5 Å². The maximum atomic E-state index is 12.4. The standard InChI is InChI=1S/C15H22N6O2/c1-4-21(15(22)16-12-8-20(3)18-10(12)2)9-13-17-14(23-19-13)11-6-5-7-11/h8,11H,4-7,9H2,1-3H3,(H,16,22). The van der Waals surface area contributed by atoms with Crippen LogP contribution in [-0.2, 0) is 13.6 Å². The molecule has 2 heterocycles. The maximum Gasteiger partial charge on any atom is 0.322 e. The zero-order valence-corrected chi connectivity index (χ0v) is 13.7. The van der Waals surface area contributed by atoms with E-state index in [1.165, 1.54) is 6.42 Å². The van der Waals surface area contributed by atoms with Gasteiger partial charge < -0.3 is 14.7 Å². The van der Waals surface area contributed by atoms with Gasteiger partial charge >= 0.3 is 6.03 Å². The summed E-state index contributed by atoms with van der Waals surface area (Å²) < 4.78 is 6.97. The van der Waals surface area contributed by atoms with E-state index in [4.69, 9.17) is 4.52 Å². The number of nitrogens with zero attached hydrogens (tertiary/aromatic N) is 5. The van der Waals surface area contributed by atoms with Crippen LogP contribution in [0.3, 0.4) is 0 Å². The van der Waals surface area contributed by atoms with Gasteiger partial charge in [0, 0.05) is 25.7 Å². The van der Waals surface area contributed by atoms with Gasteiger partial charge in [-0.15, -0.1) is 0 Å². The van der Waals surface area contributed by atoms with Crippen molar-refractivity contribution in [3.63, 3.8) is 0 Å². The van der Waals surface area contributed by atoms with E-state index >= 15 is 0 Å². The molecule has 2 aromatic heterocycles. The van der Waals surface area contributed by atoms with Crippen molar-refractivity contribution < 1.29 is 9.32 Å². The number of aromatic nitrogens is 4. The molecular formula is C15H22N6O2.